The van der Waals surface area contributed by atoms with Crippen molar-refractivity contribution in [1.29, 1.82) is 0 Å². The number of carbonyl (C=O) groups is 2. The van der Waals surface area contributed by atoms with Crippen molar-refractivity contribution in [2.45, 2.75) is 12.1 Å². The molecule has 0 aromatic heterocycles. The van der Waals surface area contributed by atoms with Crippen LogP contribution in [0.4, 0.5) is 0 Å². The molecule has 6 nitrogen and oxygen atoms in total. The predicted molar refractivity (Wildman–Crippen MR) is 54.5 cm³/mol. The first-order valence-corrected chi connectivity index (χ1v) is 5.22. The van der Waals surface area contributed by atoms with Gasteiger partial charge in [0.25, 0.3) is 0 Å². The minimum atomic E-state index is -1.50. The summed E-state index contributed by atoms with van der Waals surface area (Å²) in [6, 6.07) is -0.857. The zero-order valence-electron chi connectivity index (χ0n) is 7.08. The summed E-state index contributed by atoms with van der Waals surface area (Å²) < 4.78 is 2.47. The summed E-state index contributed by atoms with van der Waals surface area (Å²) in [7, 11) is 0. The smallest absolute Gasteiger partial charge is 0.333 e. The van der Waals surface area contributed by atoms with Crippen molar-refractivity contribution in [1.82, 2.24) is 4.72 Å². The van der Waals surface area contributed by atoms with Crippen LogP contribution in [0.5, 0.6) is 0 Å². The van der Waals surface area contributed by atoms with Gasteiger partial charge in [0.2, 0.25) is 0 Å². The summed E-state index contributed by atoms with van der Waals surface area (Å²) in [6.07, 6.45) is -1.50. The molecule has 8 heteroatoms. The summed E-state index contributed by atoms with van der Waals surface area (Å²) in [5, 5.41) is 25.7. The standard InChI is InChI=1S/C6H11NO5S2/c8-4(6(11)12)2-14-7-3(1-13)5(9)10/h3-4,7-8,13H,1-2H2,(H,9,10)(H,11,12)/t3-,4?/m1/s1. The molecule has 0 saturated heterocycles. The Bertz CT molecular complexity index is 212. The molecule has 0 saturated carbocycles. The highest BCUT2D eigenvalue weighted by atomic mass is 32.2. The van der Waals surface area contributed by atoms with Crippen molar-refractivity contribution in [2.24, 2.45) is 0 Å². The molecule has 0 aliphatic carbocycles. The van der Waals surface area contributed by atoms with Gasteiger partial charge in [-0.15, -0.1) is 0 Å². The minimum absolute atomic E-state index is 0.0888. The number of hydrogen-bond donors (Lipinski definition) is 5. The highest BCUT2D eigenvalue weighted by molar-refractivity contribution is 7.97. The van der Waals surface area contributed by atoms with Gasteiger partial charge in [0, 0.05) is 11.5 Å². The molecular weight excluding hydrogens is 230 g/mol. The van der Waals surface area contributed by atoms with Gasteiger partial charge in [0.1, 0.15) is 6.04 Å². The highest BCUT2D eigenvalue weighted by Crippen LogP contribution is 2.01. The Kier molecular flexibility index (Phi) is 6.71. The van der Waals surface area contributed by atoms with Crippen LogP contribution >= 0.6 is 24.6 Å². The lowest BCUT2D eigenvalue weighted by Gasteiger charge is -2.11. The van der Waals surface area contributed by atoms with E-state index in [4.69, 9.17) is 15.3 Å². The average molecular weight is 241 g/mol. The van der Waals surface area contributed by atoms with E-state index in [9.17, 15) is 9.59 Å². The van der Waals surface area contributed by atoms with Crippen LogP contribution in [-0.2, 0) is 9.59 Å². The van der Waals surface area contributed by atoms with E-state index in [2.05, 4.69) is 17.4 Å². The predicted octanol–water partition coefficient (Wildman–Crippen LogP) is -0.947. The monoisotopic (exact) mass is 241 g/mol. The normalized spacial score (nSPS) is 14.7. The summed E-state index contributed by atoms with van der Waals surface area (Å²) in [6.45, 7) is 0. The van der Waals surface area contributed by atoms with Crippen molar-refractivity contribution in [3.8, 4) is 0 Å². The van der Waals surface area contributed by atoms with Crippen LogP contribution in [0.3, 0.4) is 0 Å². The molecule has 0 radical (unpaired) electrons. The van der Waals surface area contributed by atoms with E-state index in [1.807, 2.05) is 0 Å². The van der Waals surface area contributed by atoms with Gasteiger partial charge in [-0.2, -0.15) is 12.6 Å². The van der Waals surface area contributed by atoms with E-state index < -0.39 is 24.1 Å². The first-order chi connectivity index (χ1) is 6.49. The molecule has 0 aromatic rings. The van der Waals surface area contributed by atoms with Gasteiger partial charge in [-0.05, 0) is 0 Å². The first kappa shape index (κ1) is 13.6. The van der Waals surface area contributed by atoms with Crippen LogP contribution in [0.2, 0.25) is 0 Å². The molecular formula is C6H11NO5S2. The van der Waals surface area contributed by atoms with Crippen molar-refractivity contribution in [3.63, 3.8) is 0 Å². The van der Waals surface area contributed by atoms with Gasteiger partial charge in [0.15, 0.2) is 6.10 Å². The van der Waals surface area contributed by atoms with Crippen LogP contribution in [0.1, 0.15) is 0 Å². The van der Waals surface area contributed by atoms with Crippen molar-refractivity contribution in [2.75, 3.05) is 11.5 Å². The van der Waals surface area contributed by atoms with Gasteiger partial charge in [-0.25, -0.2) is 9.52 Å². The second-order valence-electron chi connectivity index (χ2n) is 2.36. The second kappa shape index (κ2) is 6.93. The fraction of sp³-hybridized carbons (Fsp3) is 0.667. The van der Waals surface area contributed by atoms with E-state index >= 15 is 0 Å². The fourth-order valence-corrected chi connectivity index (χ4v) is 1.62. The largest absolute Gasteiger partial charge is 0.480 e. The van der Waals surface area contributed by atoms with E-state index in [0.29, 0.717) is 0 Å². The fourth-order valence-electron chi connectivity index (χ4n) is 0.465. The molecule has 0 rings (SSSR count). The Balaban J connectivity index is 3.71. The third-order valence-electron chi connectivity index (χ3n) is 1.23. The van der Waals surface area contributed by atoms with Crippen LogP contribution in [0, 0.1) is 0 Å². The number of thiol groups is 1. The van der Waals surface area contributed by atoms with Gasteiger partial charge in [-0.1, -0.05) is 11.9 Å². The van der Waals surface area contributed by atoms with Crippen LogP contribution < -0.4 is 4.72 Å². The lowest BCUT2D eigenvalue weighted by molar-refractivity contribution is -0.145. The van der Waals surface area contributed by atoms with Crippen LogP contribution in [0.25, 0.3) is 0 Å². The highest BCUT2D eigenvalue weighted by Gasteiger charge is 2.17. The number of aliphatic carboxylic acids is 2. The topological polar surface area (TPSA) is 107 Å². The third kappa shape index (κ3) is 5.32. The number of carboxylic acids is 2. The average Bonchev–Trinajstić information content (AvgIpc) is 2.11. The van der Waals surface area contributed by atoms with Crippen molar-refractivity contribution >= 4 is 36.5 Å². The quantitative estimate of drug-likeness (QED) is 0.289. The molecule has 0 aromatic carbocycles. The first-order valence-electron chi connectivity index (χ1n) is 3.61. The van der Waals surface area contributed by atoms with Crippen LogP contribution in [-0.4, -0.2) is 50.9 Å². The van der Waals surface area contributed by atoms with E-state index in [-0.39, 0.29) is 11.5 Å². The van der Waals surface area contributed by atoms with Crippen LogP contribution in [0.15, 0.2) is 0 Å². The molecule has 0 fully saturated rings. The maximum atomic E-state index is 10.4. The Morgan fingerprint density at radius 1 is 1.36 bits per heavy atom. The molecule has 14 heavy (non-hydrogen) atoms. The molecule has 4 N–H and O–H groups in total. The lowest BCUT2D eigenvalue weighted by atomic mass is 10.4. The summed E-state index contributed by atoms with van der Waals surface area (Å²) >= 11 is 4.62. The Hall–Kier alpha value is -0.440. The molecule has 1 unspecified atom stereocenters. The zero-order valence-corrected chi connectivity index (χ0v) is 8.79. The lowest BCUT2D eigenvalue weighted by Crippen LogP contribution is -2.35. The Morgan fingerprint density at radius 2 is 1.93 bits per heavy atom. The van der Waals surface area contributed by atoms with E-state index in [1.165, 1.54) is 0 Å². The molecule has 0 bridgehead atoms. The Morgan fingerprint density at radius 3 is 2.29 bits per heavy atom. The number of rotatable bonds is 7. The second-order valence-corrected chi connectivity index (χ2v) is 3.58. The van der Waals surface area contributed by atoms with E-state index in [1.54, 1.807) is 0 Å². The van der Waals surface area contributed by atoms with E-state index in [0.717, 1.165) is 11.9 Å². The minimum Gasteiger partial charge on any atom is -0.480 e. The maximum Gasteiger partial charge on any atom is 0.333 e. The molecule has 2 atom stereocenters. The zero-order chi connectivity index (χ0) is 11.1. The summed E-state index contributed by atoms with van der Waals surface area (Å²) in [4.78, 5) is 20.6. The molecule has 82 valence electrons. The SMILES string of the molecule is O=C(O)C(O)CSN[C@H](CS)C(=O)O. The molecule has 0 aliphatic rings. The van der Waals surface area contributed by atoms with Gasteiger partial charge < -0.3 is 15.3 Å². The number of aliphatic hydroxyl groups is 1. The molecule has 0 heterocycles. The van der Waals surface area contributed by atoms with Gasteiger partial charge in [0.05, 0.1) is 0 Å². The van der Waals surface area contributed by atoms with Gasteiger partial charge in [-0.3, -0.25) is 4.79 Å². The summed E-state index contributed by atoms with van der Waals surface area (Å²) in [5.74, 6) is -2.44. The van der Waals surface area contributed by atoms with Crippen molar-refractivity contribution < 1.29 is 24.9 Å². The number of carboxylic acid groups (broad SMARTS) is 2. The molecule has 0 aliphatic heterocycles. The molecule has 0 spiro atoms. The number of aliphatic hydroxyl groups excluding tert-OH is 1. The molecule has 0 amide bonds. The summed E-state index contributed by atoms with van der Waals surface area (Å²) in [5.41, 5.74) is 0. The number of nitrogens with one attached hydrogen (secondary N) is 1. The Labute approximate surface area is 90.2 Å². The van der Waals surface area contributed by atoms with Crippen molar-refractivity contribution in [3.05, 3.63) is 0 Å². The number of hydrogen-bond acceptors (Lipinski definition) is 6. The van der Waals surface area contributed by atoms with Gasteiger partial charge >= 0.3 is 11.9 Å². The third-order valence-corrected chi connectivity index (χ3v) is 2.53. The maximum absolute atomic E-state index is 10.4.